The monoisotopic (exact) mass is 208 g/mol. The zero-order valence-corrected chi connectivity index (χ0v) is 9.62. The highest BCUT2D eigenvalue weighted by Crippen LogP contribution is 2.40. The molecule has 84 valence electrons. The Hall–Kier alpha value is -0.830. The van der Waals surface area contributed by atoms with Crippen LogP contribution in [0.1, 0.15) is 44.3 Å². The molecule has 0 amide bonds. The Labute approximate surface area is 91.3 Å². The molecule has 1 fully saturated rings. The van der Waals surface area contributed by atoms with E-state index in [4.69, 9.17) is 4.42 Å². The van der Waals surface area contributed by atoms with E-state index in [0.717, 1.165) is 31.2 Å². The molecule has 1 aliphatic carbocycles. The van der Waals surface area contributed by atoms with Gasteiger partial charge in [0.1, 0.15) is 5.76 Å². The molecule has 0 aromatic carbocycles. The average Bonchev–Trinajstić information content (AvgIpc) is 2.94. The largest absolute Gasteiger partial charge is 0.445 e. The fourth-order valence-electron chi connectivity index (χ4n) is 1.58. The van der Waals surface area contributed by atoms with Gasteiger partial charge < -0.3 is 9.73 Å². The number of aromatic nitrogens is 1. The zero-order chi connectivity index (χ0) is 10.7. The van der Waals surface area contributed by atoms with E-state index in [0.29, 0.717) is 11.8 Å². The maximum Gasteiger partial charge on any atom is 0.195 e. The van der Waals surface area contributed by atoms with Gasteiger partial charge in [0.25, 0.3) is 0 Å². The number of hydrogen-bond donors (Lipinski definition) is 1. The lowest BCUT2D eigenvalue weighted by molar-refractivity contribution is 0.444. The normalized spacial score (nSPS) is 16.2. The van der Waals surface area contributed by atoms with Gasteiger partial charge in [0, 0.05) is 18.9 Å². The fourth-order valence-corrected chi connectivity index (χ4v) is 1.58. The van der Waals surface area contributed by atoms with E-state index in [1.54, 1.807) is 0 Å². The van der Waals surface area contributed by atoms with Gasteiger partial charge in [-0.05, 0) is 25.3 Å². The van der Waals surface area contributed by atoms with Gasteiger partial charge in [-0.25, -0.2) is 4.98 Å². The predicted octanol–water partition coefficient (Wildman–Crippen LogP) is 2.34. The highest BCUT2D eigenvalue weighted by Gasteiger charge is 2.27. The first-order chi connectivity index (χ1) is 7.25. The summed E-state index contributed by atoms with van der Waals surface area (Å²) in [5, 5.41) is 3.39. The molecule has 15 heavy (non-hydrogen) atoms. The van der Waals surface area contributed by atoms with E-state index in [9.17, 15) is 0 Å². The van der Waals surface area contributed by atoms with Crippen LogP contribution in [-0.4, -0.2) is 18.1 Å². The molecule has 1 aromatic rings. The summed E-state index contributed by atoms with van der Waals surface area (Å²) >= 11 is 0. The minimum atomic E-state index is 0.676. The number of nitrogens with one attached hydrogen (secondary N) is 1. The molecule has 0 unspecified atom stereocenters. The van der Waals surface area contributed by atoms with E-state index in [1.165, 1.54) is 12.8 Å². The van der Waals surface area contributed by atoms with Crippen LogP contribution in [0.5, 0.6) is 0 Å². The molecular weight excluding hydrogens is 188 g/mol. The van der Waals surface area contributed by atoms with Gasteiger partial charge in [-0.3, -0.25) is 0 Å². The smallest absolute Gasteiger partial charge is 0.195 e. The Kier molecular flexibility index (Phi) is 3.41. The molecule has 0 saturated heterocycles. The first-order valence-corrected chi connectivity index (χ1v) is 5.91. The highest BCUT2D eigenvalue weighted by molar-refractivity contribution is 5.08. The molecule has 0 atom stereocenters. The predicted molar refractivity (Wildman–Crippen MR) is 59.9 cm³/mol. The maximum atomic E-state index is 5.66. The summed E-state index contributed by atoms with van der Waals surface area (Å²) in [6.07, 6.45) is 5.36. The van der Waals surface area contributed by atoms with Gasteiger partial charge in [0.15, 0.2) is 5.89 Å². The van der Waals surface area contributed by atoms with Crippen LogP contribution in [-0.2, 0) is 6.42 Å². The molecule has 1 aromatic heterocycles. The topological polar surface area (TPSA) is 38.1 Å². The van der Waals surface area contributed by atoms with Crippen molar-refractivity contribution in [2.45, 2.75) is 39.0 Å². The minimum Gasteiger partial charge on any atom is -0.445 e. The Bertz CT molecular complexity index is 302. The summed E-state index contributed by atoms with van der Waals surface area (Å²) in [5.74, 6) is 3.36. The van der Waals surface area contributed by atoms with E-state index < -0.39 is 0 Å². The van der Waals surface area contributed by atoms with E-state index in [-0.39, 0.29) is 0 Å². The van der Waals surface area contributed by atoms with Crippen molar-refractivity contribution >= 4 is 0 Å². The van der Waals surface area contributed by atoms with Crippen molar-refractivity contribution < 1.29 is 4.42 Å². The van der Waals surface area contributed by atoms with Gasteiger partial charge in [0.05, 0.1) is 6.20 Å². The molecule has 0 bridgehead atoms. The van der Waals surface area contributed by atoms with Crippen molar-refractivity contribution in [3.8, 4) is 0 Å². The van der Waals surface area contributed by atoms with Gasteiger partial charge >= 0.3 is 0 Å². The van der Waals surface area contributed by atoms with Gasteiger partial charge in [-0.2, -0.15) is 0 Å². The molecule has 0 spiro atoms. The van der Waals surface area contributed by atoms with Crippen LogP contribution in [0.15, 0.2) is 10.6 Å². The lowest BCUT2D eigenvalue weighted by Gasteiger charge is -2.05. The second-order valence-corrected chi connectivity index (χ2v) is 4.78. The van der Waals surface area contributed by atoms with E-state index in [1.807, 2.05) is 6.20 Å². The van der Waals surface area contributed by atoms with Crippen LogP contribution < -0.4 is 5.32 Å². The van der Waals surface area contributed by atoms with E-state index >= 15 is 0 Å². The van der Waals surface area contributed by atoms with Crippen LogP contribution in [0, 0.1) is 5.92 Å². The number of oxazole rings is 1. The summed E-state index contributed by atoms with van der Waals surface area (Å²) < 4.78 is 5.66. The van der Waals surface area contributed by atoms with Gasteiger partial charge in [-0.1, -0.05) is 13.8 Å². The molecule has 1 N–H and O–H groups in total. The van der Waals surface area contributed by atoms with Gasteiger partial charge in [-0.15, -0.1) is 0 Å². The first-order valence-electron chi connectivity index (χ1n) is 5.91. The van der Waals surface area contributed by atoms with Crippen molar-refractivity contribution in [2.75, 3.05) is 13.1 Å². The van der Waals surface area contributed by atoms with Gasteiger partial charge in [0.2, 0.25) is 0 Å². The summed E-state index contributed by atoms with van der Waals surface area (Å²) in [6.45, 7) is 6.45. The summed E-state index contributed by atoms with van der Waals surface area (Å²) in [4.78, 5) is 4.29. The van der Waals surface area contributed by atoms with Crippen molar-refractivity contribution in [3.63, 3.8) is 0 Å². The summed E-state index contributed by atoms with van der Waals surface area (Å²) in [5.41, 5.74) is 0. The third-order valence-corrected chi connectivity index (χ3v) is 2.62. The lowest BCUT2D eigenvalue weighted by atomic mass is 10.2. The van der Waals surface area contributed by atoms with Crippen LogP contribution in [0.4, 0.5) is 0 Å². The van der Waals surface area contributed by atoms with Crippen molar-refractivity contribution in [3.05, 3.63) is 17.8 Å². The molecule has 1 saturated carbocycles. The van der Waals surface area contributed by atoms with Crippen molar-refractivity contribution in [1.82, 2.24) is 10.3 Å². The Balaban J connectivity index is 1.69. The van der Waals surface area contributed by atoms with Crippen LogP contribution in [0.2, 0.25) is 0 Å². The maximum absolute atomic E-state index is 5.66. The standard InChI is InChI=1S/C12H20N2O/c1-9(2)7-13-6-5-12-14-8-11(15-12)10-3-4-10/h8-10,13H,3-7H2,1-2H3. The van der Waals surface area contributed by atoms with Crippen LogP contribution in [0.25, 0.3) is 0 Å². The third kappa shape index (κ3) is 3.34. The zero-order valence-electron chi connectivity index (χ0n) is 9.62. The number of rotatable bonds is 6. The average molecular weight is 208 g/mol. The second kappa shape index (κ2) is 4.79. The fraction of sp³-hybridized carbons (Fsp3) is 0.750. The Morgan fingerprint density at radius 2 is 2.33 bits per heavy atom. The number of hydrogen-bond acceptors (Lipinski definition) is 3. The first kappa shape index (κ1) is 10.7. The second-order valence-electron chi connectivity index (χ2n) is 4.78. The summed E-state index contributed by atoms with van der Waals surface area (Å²) in [7, 11) is 0. The van der Waals surface area contributed by atoms with Crippen molar-refractivity contribution in [1.29, 1.82) is 0 Å². The summed E-state index contributed by atoms with van der Waals surface area (Å²) in [6, 6.07) is 0. The van der Waals surface area contributed by atoms with Crippen LogP contribution >= 0.6 is 0 Å². The molecule has 3 heteroatoms. The molecule has 1 heterocycles. The molecule has 1 aliphatic rings. The molecular formula is C12H20N2O. The SMILES string of the molecule is CC(C)CNCCc1ncc(C2CC2)o1. The van der Waals surface area contributed by atoms with Crippen LogP contribution in [0.3, 0.4) is 0 Å². The highest BCUT2D eigenvalue weighted by atomic mass is 16.4. The molecule has 3 nitrogen and oxygen atoms in total. The molecule has 0 radical (unpaired) electrons. The minimum absolute atomic E-state index is 0.676. The number of nitrogens with zero attached hydrogens (tertiary/aromatic N) is 1. The van der Waals surface area contributed by atoms with Crippen molar-refractivity contribution in [2.24, 2.45) is 5.92 Å². The quantitative estimate of drug-likeness (QED) is 0.729. The lowest BCUT2D eigenvalue weighted by Crippen LogP contribution is -2.22. The third-order valence-electron chi connectivity index (χ3n) is 2.62. The molecule has 0 aliphatic heterocycles. The Morgan fingerprint density at radius 3 is 3.00 bits per heavy atom. The Morgan fingerprint density at radius 1 is 1.53 bits per heavy atom. The molecule has 2 rings (SSSR count). The van der Waals surface area contributed by atoms with E-state index in [2.05, 4.69) is 24.1 Å².